The molecule has 3 nitrogen and oxygen atoms in total. The minimum atomic E-state index is -0.339. The molecule has 0 aliphatic carbocycles. The van der Waals surface area contributed by atoms with E-state index in [2.05, 4.69) is 10.3 Å². The van der Waals surface area contributed by atoms with E-state index in [0.717, 1.165) is 5.01 Å². The van der Waals surface area contributed by atoms with E-state index in [1.165, 1.54) is 17.4 Å². The fraction of sp³-hybridized carbons (Fsp3) is 0.333. The molecule has 1 N–H and O–H groups in total. The van der Waals surface area contributed by atoms with Crippen LogP contribution in [0.2, 0.25) is 0 Å². The first-order chi connectivity index (χ1) is 9.49. The first-order valence-electron chi connectivity index (χ1n) is 6.49. The van der Waals surface area contributed by atoms with Gasteiger partial charge in [-0.3, -0.25) is 4.79 Å². The molecule has 2 rings (SSSR count). The van der Waals surface area contributed by atoms with Crippen LogP contribution >= 0.6 is 11.3 Å². The van der Waals surface area contributed by atoms with Crippen LogP contribution in [0.15, 0.2) is 24.3 Å². The second-order valence-corrected chi connectivity index (χ2v) is 6.20. The molecule has 20 heavy (non-hydrogen) atoms. The van der Waals surface area contributed by atoms with Gasteiger partial charge in [0.2, 0.25) is 0 Å². The summed E-state index contributed by atoms with van der Waals surface area (Å²) in [5.74, 6) is -0.231. The van der Waals surface area contributed by atoms with Crippen molar-refractivity contribution < 1.29 is 9.18 Å². The fourth-order valence-electron chi connectivity index (χ4n) is 1.79. The van der Waals surface area contributed by atoms with Gasteiger partial charge in [-0.1, -0.05) is 32.0 Å². The highest BCUT2D eigenvalue weighted by Gasteiger charge is 2.20. The van der Waals surface area contributed by atoms with Gasteiger partial charge in [0.15, 0.2) is 0 Å². The first kappa shape index (κ1) is 14.7. The standard InChI is InChI=1S/C15H17FN2OS/c1-9(2)8-17-15(19)13-14(20-10(3)18-13)11-6-4-5-7-12(11)16/h4-7,9H,8H2,1-3H3,(H,17,19). The zero-order chi connectivity index (χ0) is 14.7. The van der Waals surface area contributed by atoms with Gasteiger partial charge in [0.25, 0.3) is 5.91 Å². The molecule has 0 radical (unpaired) electrons. The Kier molecular flexibility index (Phi) is 4.49. The van der Waals surface area contributed by atoms with E-state index in [1.54, 1.807) is 18.2 Å². The van der Waals surface area contributed by atoms with E-state index in [-0.39, 0.29) is 11.7 Å². The van der Waals surface area contributed by atoms with Crippen molar-refractivity contribution >= 4 is 17.2 Å². The molecular formula is C15H17FN2OS. The van der Waals surface area contributed by atoms with Crippen LogP contribution in [0.3, 0.4) is 0 Å². The van der Waals surface area contributed by atoms with Gasteiger partial charge in [-0.2, -0.15) is 0 Å². The summed E-state index contributed by atoms with van der Waals surface area (Å²) in [6.45, 7) is 6.43. The highest BCUT2D eigenvalue weighted by Crippen LogP contribution is 2.31. The highest BCUT2D eigenvalue weighted by molar-refractivity contribution is 7.15. The van der Waals surface area contributed by atoms with Crippen molar-refractivity contribution in [3.8, 4) is 10.4 Å². The minimum absolute atomic E-state index is 0.249. The third kappa shape index (κ3) is 3.22. The number of nitrogens with zero attached hydrogens (tertiary/aromatic N) is 1. The van der Waals surface area contributed by atoms with E-state index in [1.807, 2.05) is 20.8 Å². The molecule has 0 spiro atoms. The molecule has 2 aromatic rings. The van der Waals surface area contributed by atoms with Crippen LogP contribution in [0.25, 0.3) is 10.4 Å². The van der Waals surface area contributed by atoms with Crippen LogP contribution in [-0.2, 0) is 0 Å². The molecule has 0 saturated heterocycles. The molecule has 0 atom stereocenters. The van der Waals surface area contributed by atoms with E-state index in [9.17, 15) is 9.18 Å². The van der Waals surface area contributed by atoms with Gasteiger partial charge in [0, 0.05) is 12.1 Å². The molecule has 1 aromatic carbocycles. The number of amides is 1. The molecule has 0 bridgehead atoms. The maximum absolute atomic E-state index is 13.9. The van der Waals surface area contributed by atoms with E-state index < -0.39 is 0 Å². The summed E-state index contributed by atoms with van der Waals surface area (Å²) in [5.41, 5.74) is 0.728. The molecule has 106 valence electrons. The normalized spacial score (nSPS) is 10.8. The average molecular weight is 292 g/mol. The lowest BCUT2D eigenvalue weighted by atomic mass is 10.1. The van der Waals surface area contributed by atoms with Crippen LogP contribution in [0.1, 0.15) is 29.3 Å². The van der Waals surface area contributed by atoms with Gasteiger partial charge in [-0.05, 0) is 18.9 Å². The molecule has 0 aliphatic rings. The summed E-state index contributed by atoms with van der Waals surface area (Å²) in [6.07, 6.45) is 0. The van der Waals surface area contributed by atoms with Crippen molar-refractivity contribution in [2.24, 2.45) is 5.92 Å². The summed E-state index contributed by atoms with van der Waals surface area (Å²) in [6, 6.07) is 6.44. The number of aromatic nitrogens is 1. The van der Waals surface area contributed by atoms with Gasteiger partial charge in [-0.15, -0.1) is 11.3 Å². The van der Waals surface area contributed by atoms with Gasteiger partial charge in [-0.25, -0.2) is 9.37 Å². The second-order valence-electron chi connectivity index (χ2n) is 4.99. The van der Waals surface area contributed by atoms with Crippen LogP contribution in [-0.4, -0.2) is 17.4 Å². The number of hydrogen-bond donors (Lipinski definition) is 1. The van der Waals surface area contributed by atoms with Gasteiger partial charge in [0.05, 0.1) is 9.88 Å². The zero-order valence-electron chi connectivity index (χ0n) is 11.7. The topological polar surface area (TPSA) is 42.0 Å². The lowest BCUT2D eigenvalue weighted by Crippen LogP contribution is -2.28. The fourth-order valence-corrected chi connectivity index (χ4v) is 2.73. The molecule has 1 heterocycles. The van der Waals surface area contributed by atoms with Crippen molar-refractivity contribution in [3.63, 3.8) is 0 Å². The molecule has 1 amide bonds. The second kappa shape index (κ2) is 6.13. The highest BCUT2D eigenvalue weighted by atomic mass is 32.1. The Morgan fingerprint density at radius 1 is 1.40 bits per heavy atom. The summed E-state index contributed by atoms with van der Waals surface area (Å²) in [4.78, 5) is 17.0. The van der Waals surface area contributed by atoms with Crippen LogP contribution in [0, 0.1) is 18.7 Å². The third-order valence-electron chi connectivity index (χ3n) is 2.74. The van der Waals surface area contributed by atoms with Crippen molar-refractivity contribution in [3.05, 3.63) is 40.8 Å². The quantitative estimate of drug-likeness (QED) is 0.934. The molecular weight excluding hydrogens is 275 g/mol. The predicted octanol–water partition coefficient (Wildman–Crippen LogP) is 3.64. The van der Waals surface area contributed by atoms with Gasteiger partial charge >= 0.3 is 0 Å². The zero-order valence-corrected chi connectivity index (χ0v) is 12.6. The van der Waals surface area contributed by atoms with Gasteiger partial charge in [0.1, 0.15) is 11.5 Å². The van der Waals surface area contributed by atoms with Crippen molar-refractivity contribution in [2.45, 2.75) is 20.8 Å². The molecule has 0 aliphatic heterocycles. The summed E-state index contributed by atoms with van der Waals surface area (Å²) in [7, 11) is 0. The van der Waals surface area contributed by atoms with E-state index in [0.29, 0.717) is 28.6 Å². The maximum atomic E-state index is 13.9. The molecule has 0 unspecified atom stereocenters. The number of hydrogen-bond acceptors (Lipinski definition) is 3. The number of rotatable bonds is 4. The number of carbonyl (C=O) groups excluding carboxylic acids is 1. The van der Waals surface area contributed by atoms with Crippen molar-refractivity contribution in [1.29, 1.82) is 0 Å². The Hall–Kier alpha value is -1.75. The summed E-state index contributed by atoms with van der Waals surface area (Å²) in [5, 5.41) is 3.57. The summed E-state index contributed by atoms with van der Waals surface area (Å²) >= 11 is 1.33. The molecule has 0 saturated carbocycles. The predicted molar refractivity (Wildman–Crippen MR) is 79.4 cm³/mol. The Morgan fingerprint density at radius 3 is 2.75 bits per heavy atom. The number of halogens is 1. The largest absolute Gasteiger partial charge is 0.350 e. The maximum Gasteiger partial charge on any atom is 0.271 e. The lowest BCUT2D eigenvalue weighted by molar-refractivity contribution is 0.0945. The lowest BCUT2D eigenvalue weighted by Gasteiger charge is -2.07. The average Bonchev–Trinajstić information content (AvgIpc) is 2.78. The van der Waals surface area contributed by atoms with Gasteiger partial charge < -0.3 is 5.32 Å². The van der Waals surface area contributed by atoms with Crippen molar-refractivity contribution in [2.75, 3.05) is 6.54 Å². The van der Waals surface area contributed by atoms with Crippen LogP contribution in [0.4, 0.5) is 4.39 Å². The van der Waals surface area contributed by atoms with Crippen molar-refractivity contribution in [1.82, 2.24) is 10.3 Å². The van der Waals surface area contributed by atoms with E-state index >= 15 is 0 Å². The number of aryl methyl sites for hydroxylation is 1. The Labute approximate surface area is 121 Å². The minimum Gasteiger partial charge on any atom is -0.350 e. The Bertz CT molecular complexity index is 622. The monoisotopic (exact) mass is 292 g/mol. The number of carbonyl (C=O) groups is 1. The summed E-state index contributed by atoms with van der Waals surface area (Å²) < 4.78 is 13.9. The Morgan fingerprint density at radius 2 is 2.10 bits per heavy atom. The van der Waals surface area contributed by atoms with E-state index in [4.69, 9.17) is 0 Å². The van der Waals surface area contributed by atoms with Crippen LogP contribution < -0.4 is 5.32 Å². The SMILES string of the molecule is Cc1nc(C(=O)NCC(C)C)c(-c2ccccc2F)s1. The molecule has 0 fully saturated rings. The third-order valence-corrected chi connectivity index (χ3v) is 3.74. The Balaban J connectivity index is 2.36. The molecule has 5 heteroatoms. The number of benzene rings is 1. The number of thiazole rings is 1. The first-order valence-corrected chi connectivity index (χ1v) is 7.31. The van der Waals surface area contributed by atoms with Crippen LogP contribution in [0.5, 0.6) is 0 Å². The smallest absolute Gasteiger partial charge is 0.271 e. The number of nitrogens with one attached hydrogen (secondary N) is 1. The molecule has 1 aromatic heterocycles.